The first kappa shape index (κ1) is 13.7. The molecule has 0 amide bonds. The summed E-state index contributed by atoms with van der Waals surface area (Å²) in [6.07, 6.45) is 0. The Labute approximate surface area is 116 Å². The van der Waals surface area contributed by atoms with Gasteiger partial charge in [0.1, 0.15) is 0 Å². The molecule has 0 spiro atoms. The van der Waals surface area contributed by atoms with Crippen LogP contribution < -0.4 is 4.87 Å². The fourth-order valence-electron chi connectivity index (χ4n) is 2.09. The number of benzene rings is 1. The third kappa shape index (κ3) is 2.68. The average molecular weight is 275 g/mol. The van der Waals surface area contributed by atoms with Crippen LogP contribution in [-0.2, 0) is 6.54 Å². The van der Waals surface area contributed by atoms with Gasteiger partial charge in [0, 0.05) is 16.6 Å². The molecule has 0 saturated carbocycles. The Balaban J connectivity index is 2.36. The molecule has 0 aliphatic heterocycles. The molecular formula is C15H17NO2S. The number of carbonyl (C=O) groups is 1. The molecule has 0 aliphatic rings. The Bertz CT molecular complexity index is 695. The smallest absolute Gasteiger partial charge is 0.296 e. The number of nitrogens with zero attached hydrogens (tertiary/aromatic N) is 1. The molecule has 19 heavy (non-hydrogen) atoms. The van der Waals surface area contributed by atoms with Crippen LogP contribution in [0.1, 0.15) is 32.7 Å². The number of hydrogen-bond acceptors (Lipinski definition) is 3. The second-order valence-corrected chi connectivity index (χ2v) is 5.72. The van der Waals surface area contributed by atoms with Gasteiger partial charge in [-0.15, -0.1) is 0 Å². The molecule has 1 aromatic carbocycles. The third-order valence-corrected chi connectivity index (χ3v) is 4.30. The molecule has 1 heterocycles. The first-order valence-corrected chi connectivity index (χ1v) is 7.04. The Hall–Kier alpha value is -1.68. The fraction of sp³-hybridized carbons (Fsp3) is 0.333. The van der Waals surface area contributed by atoms with Gasteiger partial charge >= 0.3 is 4.87 Å². The molecular weight excluding hydrogens is 258 g/mol. The number of Topliss-reactive ketones (excluding diaryl/α,β-unsaturated/α-hetero) is 1. The molecule has 100 valence electrons. The van der Waals surface area contributed by atoms with Crippen molar-refractivity contribution in [1.82, 2.24) is 4.57 Å². The van der Waals surface area contributed by atoms with E-state index < -0.39 is 0 Å². The molecule has 0 fully saturated rings. The summed E-state index contributed by atoms with van der Waals surface area (Å²) in [6.45, 7) is 7.93. The fourth-order valence-corrected chi connectivity index (χ4v) is 2.82. The predicted molar refractivity (Wildman–Crippen MR) is 78.3 cm³/mol. The lowest BCUT2D eigenvalue weighted by Gasteiger charge is -2.10. The molecule has 0 radical (unpaired) electrons. The van der Waals surface area contributed by atoms with Crippen LogP contribution in [-0.4, -0.2) is 10.4 Å². The van der Waals surface area contributed by atoms with E-state index in [0.717, 1.165) is 28.2 Å². The maximum Gasteiger partial charge on any atom is 0.307 e. The van der Waals surface area contributed by atoms with E-state index in [9.17, 15) is 9.59 Å². The summed E-state index contributed by atoms with van der Waals surface area (Å²) in [5.41, 5.74) is 4.79. The molecule has 2 aromatic rings. The monoisotopic (exact) mass is 275 g/mol. The number of rotatable bonds is 3. The normalized spacial score (nSPS) is 10.7. The van der Waals surface area contributed by atoms with Crippen molar-refractivity contribution in [3.05, 3.63) is 55.1 Å². The number of ketones is 1. The molecule has 1 aromatic heterocycles. The van der Waals surface area contributed by atoms with Gasteiger partial charge in [-0.25, -0.2) is 0 Å². The van der Waals surface area contributed by atoms with Gasteiger partial charge in [0.05, 0.1) is 6.54 Å². The largest absolute Gasteiger partial charge is 0.307 e. The van der Waals surface area contributed by atoms with Gasteiger partial charge in [0.15, 0.2) is 5.78 Å². The Morgan fingerprint density at radius 1 is 1.11 bits per heavy atom. The van der Waals surface area contributed by atoms with E-state index in [1.165, 1.54) is 10.1 Å². The Morgan fingerprint density at radius 2 is 1.74 bits per heavy atom. The van der Waals surface area contributed by atoms with Crippen LogP contribution >= 0.6 is 11.3 Å². The number of carbonyl (C=O) groups excluding carboxylic acids is 1. The van der Waals surface area contributed by atoms with Gasteiger partial charge in [-0.2, -0.15) is 0 Å². The summed E-state index contributed by atoms with van der Waals surface area (Å²) in [4.78, 5) is 23.9. The number of hydrogen-bond donors (Lipinski definition) is 0. The van der Waals surface area contributed by atoms with Crippen LogP contribution in [0.4, 0.5) is 0 Å². The van der Waals surface area contributed by atoms with E-state index in [0.29, 0.717) is 5.56 Å². The van der Waals surface area contributed by atoms with Crippen molar-refractivity contribution >= 4 is 17.1 Å². The van der Waals surface area contributed by atoms with Crippen LogP contribution in [0.15, 0.2) is 22.3 Å². The highest BCUT2D eigenvalue weighted by Gasteiger charge is 2.13. The third-order valence-electron chi connectivity index (χ3n) is 3.42. The Kier molecular flexibility index (Phi) is 3.71. The highest BCUT2D eigenvalue weighted by molar-refractivity contribution is 7.07. The average Bonchev–Trinajstić information content (AvgIpc) is 2.65. The first-order valence-electron chi connectivity index (χ1n) is 6.16. The van der Waals surface area contributed by atoms with Crippen molar-refractivity contribution in [2.75, 3.05) is 0 Å². The van der Waals surface area contributed by atoms with Gasteiger partial charge in [-0.05, 0) is 50.5 Å². The van der Waals surface area contributed by atoms with E-state index in [2.05, 4.69) is 0 Å². The van der Waals surface area contributed by atoms with Crippen molar-refractivity contribution in [3.8, 4) is 0 Å². The Morgan fingerprint density at radius 3 is 2.32 bits per heavy atom. The molecule has 3 nitrogen and oxygen atoms in total. The highest BCUT2D eigenvalue weighted by atomic mass is 32.1. The van der Waals surface area contributed by atoms with Crippen LogP contribution in [0.3, 0.4) is 0 Å². The van der Waals surface area contributed by atoms with E-state index >= 15 is 0 Å². The zero-order valence-corrected chi connectivity index (χ0v) is 12.4. The van der Waals surface area contributed by atoms with Crippen LogP contribution in [0.25, 0.3) is 0 Å². The summed E-state index contributed by atoms with van der Waals surface area (Å²) >= 11 is 1.13. The summed E-state index contributed by atoms with van der Waals surface area (Å²) in [7, 11) is 0. The predicted octanol–water partition coefficient (Wildman–Crippen LogP) is 3.03. The van der Waals surface area contributed by atoms with Gasteiger partial charge < -0.3 is 0 Å². The molecule has 0 saturated heterocycles. The maximum absolute atomic E-state index is 12.3. The minimum Gasteiger partial charge on any atom is -0.296 e. The lowest BCUT2D eigenvalue weighted by Crippen LogP contribution is -2.21. The van der Waals surface area contributed by atoms with Gasteiger partial charge in [-0.1, -0.05) is 17.4 Å². The quantitative estimate of drug-likeness (QED) is 0.808. The number of thiazole rings is 1. The molecule has 2 rings (SSSR count). The number of aromatic nitrogens is 1. The van der Waals surface area contributed by atoms with Gasteiger partial charge in [0.25, 0.3) is 0 Å². The van der Waals surface area contributed by atoms with E-state index in [1.54, 1.807) is 5.38 Å². The lowest BCUT2D eigenvalue weighted by atomic mass is 9.98. The summed E-state index contributed by atoms with van der Waals surface area (Å²) in [6, 6.07) is 3.94. The summed E-state index contributed by atoms with van der Waals surface area (Å²) in [5.74, 6) is -0.01000. The zero-order valence-electron chi connectivity index (χ0n) is 11.6. The minimum atomic E-state index is -0.0765. The zero-order chi connectivity index (χ0) is 14.2. The summed E-state index contributed by atoms with van der Waals surface area (Å²) < 4.78 is 1.53. The molecule has 0 unspecified atom stereocenters. The van der Waals surface area contributed by atoms with Crippen LogP contribution in [0.2, 0.25) is 0 Å². The van der Waals surface area contributed by atoms with E-state index in [1.807, 2.05) is 39.8 Å². The van der Waals surface area contributed by atoms with E-state index in [-0.39, 0.29) is 17.2 Å². The van der Waals surface area contributed by atoms with Gasteiger partial charge in [-0.3, -0.25) is 14.2 Å². The topological polar surface area (TPSA) is 39.1 Å². The van der Waals surface area contributed by atoms with Gasteiger partial charge in [0.2, 0.25) is 0 Å². The van der Waals surface area contributed by atoms with Crippen LogP contribution in [0, 0.1) is 27.7 Å². The molecule has 0 atom stereocenters. The second-order valence-electron chi connectivity index (χ2n) is 4.90. The minimum absolute atomic E-state index is 0.01000. The van der Waals surface area contributed by atoms with Crippen LogP contribution in [0.5, 0.6) is 0 Å². The van der Waals surface area contributed by atoms with Crippen molar-refractivity contribution in [1.29, 1.82) is 0 Å². The molecule has 0 bridgehead atoms. The SMILES string of the molecule is Cc1cc(C)c(C(=O)Cn2c(C)csc2=O)cc1C. The molecule has 0 N–H and O–H groups in total. The van der Waals surface area contributed by atoms with Crippen molar-refractivity contribution < 1.29 is 4.79 Å². The van der Waals surface area contributed by atoms with Crippen molar-refractivity contribution in [2.45, 2.75) is 34.2 Å². The molecule has 0 aliphatic carbocycles. The lowest BCUT2D eigenvalue weighted by molar-refractivity contribution is 0.0970. The highest BCUT2D eigenvalue weighted by Crippen LogP contribution is 2.16. The second kappa shape index (κ2) is 5.13. The van der Waals surface area contributed by atoms with Crippen molar-refractivity contribution in [3.63, 3.8) is 0 Å². The van der Waals surface area contributed by atoms with E-state index in [4.69, 9.17) is 0 Å². The maximum atomic E-state index is 12.3. The first-order chi connectivity index (χ1) is 8.90. The van der Waals surface area contributed by atoms with Crippen molar-refractivity contribution in [2.24, 2.45) is 0 Å². The summed E-state index contributed by atoms with van der Waals surface area (Å²) in [5, 5.41) is 1.78. The number of aryl methyl sites for hydroxylation is 4. The molecule has 4 heteroatoms. The standard InChI is InChI=1S/C15H17NO2S/c1-9-5-11(3)13(6-10(9)2)14(17)7-16-12(4)8-19-15(16)18/h5-6,8H,7H2,1-4H3.